The van der Waals surface area contributed by atoms with Gasteiger partial charge in [0.1, 0.15) is 0 Å². The van der Waals surface area contributed by atoms with Gasteiger partial charge >= 0.3 is 5.97 Å². The molecule has 2 aliphatic rings. The van der Waals surface area contributed by atoms with Crippen molar-refractivity contribution in [3.8, 4) is 0 Å². The number of amides is 1. The summed E-state index contributed by atoms with van der Waals surface area (Å²) >= 11 is 0. The number of carboxylic acid groups (broad SMARTS) is 1. The van der Waals surface area contributed by atoms with Gasteiger partial charge in [0.25, 0.3) is 0 Å². The fourth-order valence-corrected chi connectivity index (χ4v) is 3.48. The fraction of sp³-hybridized carbons (Fsp3) is 0.600. The molecule has 4 heteroatoms. The summed E-state index contributed by atoms with van der Waals surface area (Å²) in [5, 5.41) is 12.2. The highest BCUT2D eigenvalue weighted by molar-refractivity contribution is 5.82. The monoisotopic (exact) mass is 329 g/mol. The predicted octanol–water partition coefficient (Wildman–Crippen LogP) is 3.66. The molecule has 2 saturated carbocycles. The van der Waals surface area contributed by atoms with E-state index in [0.29, 0.717) is 5.92 Å². The van der Waals surface area contributed by atoms with Gasteiger partial charge in [-0.15, -0.1) is 0 Å². The number of hydrogen-bond acceptors (Lipinski definition) is 2. The van der Waals surface area contributed by atoms with Crippen LogP contribution in [0.2, 0.25) is 0 Å². The first-order chi connectivity index (χ1) is 11.3. The highest BCUT2D eigenvalue weighted by atomic mass is 16.4. The lowest BCUT2D eigenvalue weighted by molar-refractivity contribution is -0.137. The molecule has 0 aromatic heterocycles. The maximum absolute atomic E-state index is 12.4. The highest BCUT2D eigenvalue weighted by Crippen LogP contribution is 2.54. The molecule has 3 rings (SSSR count). The summed E-state index contributed by atoms with van der Waals surface area (Å²) in [5.41, 5.74) is 2.11. The molecule has 0 radical (unpaired) electrons. The molecule has 0 bridgehead atoms. The molecular weight excluding hydrogens is 302 g/mol. The second-order valence-corrected chi connectivity index (χ2v) is 8.37. The largest absolute Gasteiger partial charge is 0.481 e. The van der Waals surface area contributed by atoms with Crippen molar-refractivity contribution in [1.29, 1.82) is 0 Å². The smallest absolute Gasteiger partial charge is 0.305 e. The topological polar surface area (TPSA) is 66.4 Å². The third-order valence-corrected chi connectivity index (χ3v) is 5.28. The third-order valence-electron chi connectivity index (χ3n) is 5.28. The summed E-state index contributed by atoms with van der Waals surface area (Å²) in [6.07, 6.45) is 3.39. The van der Waals surface area contributed by atoms with E-state index in [9.17, 15) is 14.7 Å². The summed E-state index contributed by atoms with van der Waals surface area (Å²) in [6, 6.07) is 7.49. The van der Waals surface area contributed by atoms with Gasteiger partial charge in [-0.1, -0.05) is 45.0 Å². The maximum atomic E-state index is 12.4. The number of rotatable bonds is 6. The number of carbonyl (C=O) groups is 2. The van der Waals surface area contributed by atoms with Crippen molar-refractivity contribution in [2.45, 2.75) is 57.9 Å². The van der Waals surface area contributed by atoms with Crippen LogP contribution in [0.5, 0.6) is 0 Å². The average molecular weight is 329 g/mol. The van der Waals surface area contributed by atoms with E-state index in [2.05, 4.69) is 26.1 Å². The van der Waals surface area contributed by atoms with E-state index < -0.39 is 12.0 Å². The molecule has 130 valence electrons. The Labute approximate surface area is 143 Å². The summed E-state index contributed by atoms with van der Waals surface area (Å²) in [7, 11) is 0. The molecule has 1 aromatic rings. The number of hydrogen-bond donors (Lipinski definition) is 2. The van der Waals surface area contributed by atoms with Crippen molar-refractivity contribution >= 4 is 11.9 Å². The van der Waals surface area contributed by atoms with Gasteiger partial charge < -0.3 is 10.4 Å². The van der Waals surface area contributed by atoms with Crippen LogP contribution in [0.3, 0.4) is 0 Å². The zero-order valence-corrected chi connectivity index (χ0v) is 14.7. The van der Waals surface area contributed by atoms with Crippen molar-refractivity contribution in [1.82, 2.24) is 5.32 Å². The van der Waals surface area contributed by atoms with E-state index >= 15 is 0 Å². The van der Waals surface area contributed by atoms with Crippen LogP contribution >= 0.6 is 0 Å². The first kappa shape index (κ1) is 17.0. The first-order valence-electron chi connectivity index (χ1n) is 8.88. The van der Waals surface area contributed by atoms with Crippen molar-refractivity contribution in [3.05, 3.63) is 35.4 Å². The van der Waals surface area contributed by atoms with Crippen LogP contribution in [0.15, 0.2) is 24.3 Å². The molecule has 0 aliphatic heterocycles. The standard InChI is InChI=1S/C20H27NO3/c1-20(2,3)14-8-6-13(7-9-14)17(11-18(22)23)21-19(24)16-10-15(16)12-4-5-12/h6-9,12,15-17H,4-5,10-11H2,1-3H3,(H,21,24)(H,22,23). The molecule has 0 spiro atoms. The van der Waals surface area contributed by atoms with Gasteiger partial charge in [-0.3, -0.25) is 9.59 Å². The van der Waals surface area contributed by atoms with E-state index in [1.165, 1.54) is 18.4 Å². The van der Waals surface area contributed by atoms with Gasteiger partial charge in [-0.05, 0) is 47.6 Å². The Hall–Kier alpha value is -1.84. The molecule has 24 heavy (non-hydrogen) atoms. The molecule has 3 unspecified atom stereocenters. The first-order valence-corrected chi connectivity index (χ1v) is 8.88. The summed E-state index contributed by atoms with van der Waals surface area (Å²) < 4.78 is 0. The van der Waals surface area contributed by atoms with Crippen LogP contribution in [0, 0.1) is 17.8 Å². The lowest BCUT2D eigenvalue weighted by atomic mass is 9.86. The minimum atomic E-state index is -0.894. The summed E-state index contributed by atoms with van der Waals surface area (Å²) in [6.45, 7) is 6.43. The average Bonchev–Trinajstić information content (AvgIpc) is 3.36. The van der Waals surface area contributed by atoms with Crippen LogP contribution in [0.1, 0.15) is 63.6 Å². The predicted molar refractivity (Wildman–Crippen MR) is 92.6 cm³/mol. The molecule has 4 nitrogen and oxygen atoms in total. The number of aliphatic carboxylic acids is 1. The normalized spacial score (nSPS) is 24.3. The Balaban J connectivity index is 1.69. The minimum Gasteiger partial charge on any atom is -0.481 e. The number of benzene rings is 1. The second kappa shape index (κ2) is 6.23. The van der Waals surface area contributed by atoms with Crippen LogP contribution in [-0.4, -0.2) is 17.0 Å². The SMILES string of the molecule is CC(C)(C)c1ccc(C(CC(=O)O)NC(=O)C2CC2C2CC2)cc1. The Bertz CT molecular complexity index is 625. The van der Waals surface area contributed by atoms with E-state index in [0.717, 1.165) is 17.9 Å². The fourth-order valence-electron chi connectivity index (χ4n) is 3.48. The van der Waals surface area contributed by atoms with Crippen molar-refractivity contribution in [2.24, 2.45) is 17.8 Å². The molecule has 2 aliphatic carbocycles. The highest BCUT2D eigenvalue weighted by Gasteiger charge is 2.51. The van der Waals surface area contributed by atoms with Crippen molar-refractivity contribution in [2.75, 3.05) is 0 Å². The van der Waals surface area contributed by atoms with Crippen molar-refractivity contribution in [3.63, 3.8) is 0 Å². The third kappa shape index (κ3) is 3.97. The van der Waals surface area contributed by atoms with Gasteiger partial charge in [-0.2, -0.15) is 0 Å². The van der Waals surface area contributed by atoms with Gasteiger partial charge in [0.2, 0.25) is 5.91 Å². The van der Waals surface area contributed by atoms with E-state index in [1.807, 2.05) is 24.3 Å². The molecule has 1 aromatic carbocycles. The van der Waals surface area contributed by atoms with Crippen LogP contribution in [0.25, 0.3) is 0 Å². The van der Waals surface area contributed by atoms with E-state index in [-0.39, 0.29) is 23.7 Å². The Morgan fingerprint density at radius 3 is 2.33 bits per heavy atom. The maximum Gasteiger partial charge on any atom is 0.305 e. The molecule has 1 amide bonds. The molecular formula is C20H27NO3. The Kier molecular flexibility index (Phi) is 4.41. The van der Waals surface area contributed by atoms with Gasteiger partial charge in [0.05, 0.1) is 12.5 Å². The quantitative estimate of drug-likeness (QED) is 0.837. The zero-order valence-electron chi connectivity index (χ0n) is 14.7. The van der Waals surface area contributed by atoms with E-state index in [1.54, 1.807) is 0 Å². The van der Waals surface area contributed by atoms with Crippen LogP contribution < -0.4 is 5.32 Å². The molecule has 2 N–H and O–H groups in total. The van der Waals surface area contributed by atoms with Gasteiger partial charge in [0.15, 0.2) is 0 Å². The van der Waals surface area contributed by atoms with Gasteiger partial charge in [-0.25, -0.2) is 0 Å². The minimum absolute atomic E-state index is 0.0260. The Morgan fingerprint density at radius 2 is 1.83 bits per heavy atom. The summed E-state index contributed by atoms with van der Waals surface area (Å²) in [4.78, 5) is 23.6. The van der Waals surface area contributed by atoms with Crippen LogP contribution in [-0.2, 0) is 15.0 Å². The number of carbonyl (C=O) groups excluding carboxylic acids is 1. The van der Waals surface area contributed by atoms with Crippen molar-refractivity contribution < 1.29 is 14.7 Å². The zero-order chi connectivity index (χ0) is 17.5. The lowest BCUT2D eigenvalue weighted by Crippen LogP contribution is -2.32. The van der Waals surface area contributed by atoms with E-state index in [4.69, 9.17) is 0 Å². The molecule has 3 atom stereocenters. The molecule has 2 fully saturated rings. The Morgan fingerprint density at radius 1 is 1.21 bits per heavy atom. The number of carboxylic acids is 1. The van der Waals surface area contributed by atoms with Gasteiger partial charge in [0, 0.05) is 5.92 Å². The lowest BCUT2D eigenvalue weighted by Gasteiger charge is -2.22. The molecule has 0 saturated heterocycles. The molecule has 0 heterocycles. The number of nitrogens with one attached hydrogen (secondary N) is 1. The summed E-state index contributed by atoms with van der Waals surface area (Å²) in [5.74, 6) is 0.513. The second-order valence-electron chi connectivity index (χ2n) is 8.37. The van der Waals surface area contributed by atoms with Crippen LogP contribution in [0.4, 0.5) is 0 Å².